The van der Waals surface area contributed by atoms with Gasteiger partial charge in [-0.05, 0) is 36.4 Å². The number of benzene rings is 1. The molecule has 3 heterocycles. The SMILES string of the molecule is Cn1cncc1C(=O)c1ccc(C(F)(F)F)nc1.Cn1cncc1C(=O)c1ccc(Cl)cc1. The summed E-state index contributed by atoms with van der Waals surface area (Å²) in [6.07, 6.45) is 2.34. The molecule has 11 heteroatoms. The molecule has 0 amide bonds. The van der Waals surface area contributed by atoms with Gasteiger partial charge in [-0.2, -0.15) is 13.2 Å². The molecule has 4 rings (SSSR count). The number of halogens is 4. The first kappa shape index (κ1) is 23.9. The van der Waals surface area contributed by atoms with Gasteiger partial charge < -0.3 is 9.13 Å². The number of pyridine rings is 1. The summed E-state index contributed by atoms with van der Waals surface area (Å²) in [6.45, 7) is 0. The summed E-state index contributed by atoms with van der Waals surface area (Å²) in [5, 5.41) is 0.622. The van der Waals surface area contributed by atoms with Gasteiger partial charge in [0, 0.05) is 36.4 Å². The average molecular weight is 476 g/mol. The molecule has 0 saturated heterocycles. The van der Waals surface area contributed by atoms with Crippen molar-refractivity contribution in [3.8, 4) is 0 Å². The van der Waals surface area contributed by atoms with Crippen molar-refractivity contribution in [3.05, 3.63) is 101 Å². The first-order valence-corrected chi connectivity index (χ1v) is 9.76. The van der Waals surface area contributed by atoms with Gasteiger partial charge in [-0.3, -0.25) is 14.6 Å². The van der Waals surface area contributed by atoms with Crippen LogP contribution in [0.25, 0.3) is 0 Å². The van der Waals surface area contributed by atoms with Crippen molar-refractivity contribution in [2.45, 2.75) is 6.18 Å². The van der Waals surface area contributed by atoms with Crippen LogP contribution in [0.4, 0.5) is 13.2 Å². The highest BCUT2D eigenvalue weighted by Gasteiger charge is 2.32. The number of alkyl halides is 3. The quantitative estimate of drug-likeness (QED) is 0.409. The molecular formula is C22H17ClF3N5O2. The van der Waals surface area contributed by atoms with E-state index in [9.17, 15) is 22.8 Å². The molecule has 0 aliphatic carbocycles. The lowest BCUT2D eigenvalue weighted by molar-refractivity contribution is -0.141. The number of carbonyl (C=O) groups excluding carboxylic acids is 2. The molecule has 170 valence electrons. The van der Waals surface area contributed by atoms with Gasteiger partial charge in [0.15, 0.2) is 0 Å². The Labute approximate surface area is 191 Å². The number of hydrogen-bond acceptors (Lipinski definition) is 5. The highest BCUT2D eigenvalue weighted by molar-refractivity contribution is 6.30. The number of hydrogen-bond donors (Lipinski definition) is 0. The Morgan fingerprint density at radius 2 is 1.27 bits per heavy atom. The van der Waals surface area contributed by atoms with Crippen molar-refractivity contribution in [1.29, 1.82) is 0 Å². The van der Waals surface area contributed by atoms with Crippen LogP contribution in [0.2, 0.25) is 5.02 Å². The second-order valence-electron chi connectivity index (χ2n) is 6.87. The lowest BCUT2D eigenvalue weighted by Gasteiger charge is -2.06. The van der Waals surface area contributed by atoms with E-state index in [1.165, 1.54) is 17.1 Å². The van der Waals surface area contributed by atoms with Crippen LogP contribution in [0.3, 0.4) is 0 Å². The number of aromatic nitrogens is 5. The smallest absolute Gasteiger partial charge is 0.331 e. The molecule has 0 unspecified atom stereocenters. The minimum Gasteiger partial charge on any atom is -0.331 e. The molecule has 0 radical (unpaired) electrons. The Balaban J connectivity index is 0.000000189. The van der Waals surface area contributed by atoms with Gasteiger partial charge in [0.1, 0.15) is 17.1 Å². The third kappa shape index (κ3) is 5.72. The molecule has 0 fully saturated rings. The zero-order chi connectivity index (χ0) is 24.2. The summed E-state index contributed by atoms with van der Waals surface area (Å²) < 4.78 is 40.1. The summed E-state index contributed by atoms with van der Waals surface area (Å²) in [6, 6.07) is 8.69. The minimum atomic E-state index is -4.51. The van der Waals surface area contributed by atoms with Gasteiger partial charge in [-0.1, -0.05) is 11.6 Å². The predicted octanol–water partition coefficient (Wildman–Crippen LogP) is 4.37. The highest BCUT2D eigenvalue weighted by Crippen LogP contribution is 2.27. The van der Waals surface area contributed by atoms with Gasteiger partial charge in [0.2, 0.25) is 11.6 Å². The maximum Gasteiger partial charge on any atom is 0.433 e. The molecule has 3 aromatic heterocycles. The summed E-state index contributed by atoms with van der Waals surface area (Å²) in [7, 11) is 3.41. The number of aryl methyl sites for hydroxylation is 2. The van der Waals surface area contributed by atoms with Crippen LogP contribution in [-0.2, 0) is 20.3 Å². The number of imidazole rings is 2. The van der Waals surface area contributed by atoms with Gasteiger partial charge in [0.05, 0.1) is 25.0 Å². The van der Waals surface area contributed by atoms with E-state index < -0.39 is 17.7 Å². The van der Waals surface area contributed by atoms with Crippen LogP contribution in [0.1, 0.15) is 37.8 Å². The molecule has 0 atom stereocenters. The van der Waals surface area contributed by atoms with E-state index in [0.717, 1.165) is 18.3 Å². The van der Waals surface area contributed by atoms with Gasteiger partial charge in [-0.15, -0.1) is 0 Å². The summed E-state index contributed by atoms with van der Waals surface area (Å²) >= 11 is 5.74. The minimum absolute atomic E-state index is 0.0494. The Morgan fingerprint density at radius 1 is 0.788 bits per heavy atom. The molecule has 33 heavy (non-hydrogen) atoms. The summed E-state index contributed by atoms with van der Waals surface area (Å²) in [5.74, 6) is -0.470. The standard InChI is InChI=1S/C11H9ClN2O.C11H8F3N3O/c1-14-7-13-6-10(14)11(15)8-2-4-9(12)5-3-8;1-17-6-15-5-8(17)10(18)7-2-3-9(16-4-7)11(12,13)14/h2-7H,1H3;2-6H,1H3. The van der Waals surface area contributed by atoms with E-state index in [2.05, 4.69) is 15.0 Å². The molecule has 0 spiro atoms. The van der Waals surface area contributed by atoms with Gasteiger partial charge >= 0.3 is 6.18 Å². The van der Waals surface area contributed by atoms with E-state index in [1.807, 2.05) is 0 Å². The fourth-order valence-corrected chi connectivity index (χ4v) is 2.87. The normalized spacial score (nSPS) is 11.0. The third-order valence-corrected chi connectivity index (χ3v) is 4.77. The van der Waals surface area contributed by atoms with Crippen molar-refractivity contribution < 1.29 is 22.8 Å². The zero-order valence-electron chi connectivity index (χ0n) is 17.4. The lowest BCUT2D eigenvalue weighted by atomic mass is 10.1. The summed E-state index contributed by atoms with van der Waals surface area (Å²) in [5.41, 5.74) is 0.535. The Hall–Kier alpha value is -3.79. The number of rotatable bonds is 4. The molecule has 0 bridgehead atoms. The molecule has 0 aliphatic rings. The average Bonchev–Trinajstić information content (AvgIpc) is 3.41. The molecular weight excluding hydrogens is 459 g/mol. The van der Waals surface area contributed by atoms with E-state index in [4.69, 9.17) is 11.6 Å². The molecule has 0 N–H and O–H groups in total. The fourth-order valence-electron chi connectivity index (χ4n) is 2.74. The number of carbonyl (C=O) groups is 2. The van der Waals surface area contributed by atoms with Crippen LogP contribution in [0.15, 0.2) is 67.6 Å². The van der Waals surface area contributed by atoms with Gasteiger partial charge in [0.25, 0.3) is 0 Å². The summed E-state index contributed by atoms with van der Waals surface area (Å²) in [4.78, 5) is 34.7. The third-order valence-electron chi connectivity index (χ3n) is 4.52. The first-order chi connectivity index (χ1) is 15.6. The second kappa shape index (κ2) is 9.78. The lowest BCUT2D eigenvalue weighted by Crippen LogP contribution is -2.11. The van der Waals surface area contributed by atoms with Crippen molar-refractivity contribution in [2.75, 3.05) is 0 Å². The molecule has 0 saturated carbocycles. The zero-order valence-corrected chi connectivity index (χ0v) is 18.2. The fraction of sp³-hybridized carbons (Fsp3) is 0.136. The van der Waals surface area contributed by atoms with Crippen LogP contribution in [0.5, 0.6) is 0 Å². The Kier molecular flexibility index (Phi) is 7.07. The van der Waals surface area contributed by atoms with E-state index in [0.29, 0.717) is 16.3 Å². The monoisotopic (exact) mass is 475 g/mol. The molecule has 4 aromatic rings. The Bertz CT molecular complexity index is 1260. The van der Waals surface area contributed by atoms with Crippen LogP contribution in [0, 0.1) is 0 Å². The van der Waals surface area contributed by atoms with E-state index in [1.54, 1.807) is 55.5 Å². The van der Waals surface area contributed by atoms with Crippen LogP contribution >= 0.6 is 11.6 Å². The molecule has 1 aromatic carbocycles. The maximum atomic E-state index is 12.3. The number of ketones is 2. The van der Waals surface area contributed by atoms with E-state index >= 15 is 0 Å². The predicted molar refractivity (Wildman–Crippen MR) is 114 cm³/mol. The van der Waals surface area contributed by atoms with Crippen molar-refractivity contribution in [2.24, 2.45) is 14.1 Å². The van der Waals surface area contributed by atoms with Crippen LogP contribution in [-0.4, -0.2) is 35.7 Å². The molecule has 7 nitrogen and oxygen atoms in total. The second-order valence-corrected chi connectivity index (χ2v) is 7.31. The largest absolute Gasteiger partial charge is 0.433 e. The van der Waals surface area contributed by atoms with Crippen LogP contribution < -0.4 is 0 Å². The Morgan fingerprint density at radius 3 is 1.67 bits per heavy atom. The van der Waals surface area contributed by atoms with Crippen molar-refractivity contribution in [3.63, 3.8) is 0 Å². The highest BCUT2D eigenvalue weighted by atomic mass is 35.5. The first-order valence-electron chi connectivity index (χ1n) is 9.38. The van der Waals surface area contributed by atoms with Crippen molar-refractivity contribution in [1.82, 2.24) is 24.1 Å². The topological polar surface area (TPSA) is 82.7 Å². The molecule has 0 aliphatic heterocycles. The van der Waals surface area contributed by atoms with Gasteiger partial charge in [-0.25, -0.2) is 9.97 Å². The van der Waals surface area contributed by atoms with E-state index in [-0.39, 0.29) is 17.0 Å². The van der Waals surface area contributed by atoms with Crippen molar-refractivity contribution >= 4 is 23.2 Å². The number of nitrogens with zero attached hydrogens (tertiary/aromatic N) is 5. The maximum absolute atomic E-state index is 12.3.